The lowest BCUT2D eigenvalue weighted by Crippen LogP contribution is -2.23. The monoisotopic (exact) mass is 372 g/mol. The zero-order valence-corrected chi connectivity index (χ0v) is 16.1. The molecule has 5 nitrogen and oxygen atoms in total. The van der Waals surface area contributed by atoms with Gasteiger partial charge in [0.15, 0.2) is 5.13 Å². The van der Waals surface area contributed by atoms with Crippen molar-refractivity contribution in [2.75, 3.05) is 5.32 Å². The maximum absolute atomic E-state index is 12.4. The molecular weight excluding hydrogens is 352 g/mol. The molecule has 1 aliphatic carbocycles. The number of carbonyl (C=O) groups excluding carboxylic acids is 1. The van der Waals surface area contributed by atoms with E-state index in [1.165, 1.54) is 28.7 Å². The summed E-state index contributed by atoms with van der Waals surface area (Å²) >= 11 is 2.74. The summed E-state index contributed by atoms with van der Waals surface area (Å²) in [6, 6.07) is 4.19. The largest absolute Gasteiger partial charge is 0.301 e. The Labute approximate surface area is 155 Å². The highest BCUT2D eigenvalue weighted by Crippen LogP contribution is 2.31. The second-order valence-electron chi connectivity index (χ2n) is 6.45. The summed E-state index contributed by atoms with van der Waals surface area (Å²) in [5.41, 5.74) is 3.69. The van der Waals surface area contributed by atoms with Crippen LogP contribution in [0.25, 0.3) is 0 Å². The van der Waals surface area contributed by atoms with Gasteiger partial charge in [-0.15, -0.1) is 11.3 Å². The number of aryl methyl sites for hydroxylation is 2. The van der Waals surface area contributed by atoms with Crippen LogP contribution in [0.1, 0.15) is 42.8 Å². The van der Waals surface area contributed by atoms with E-state index in [4.69, 9.17) is 4.98 Å². The Hall–Kier alpha value is -1.91. The van der Waals surface area contributed by atoms with Crippen molar-refractivity contribution in [3.8, 4) is 6.07 Å². The van der Waals surface area contributed by atoms with E-state index in [0.29, 0.717) is 21.6 Å². The molecule has 0 saturated heterocycles. The van der Waals surface area contributed by atoms with E-state index in [1.807, 2.05) is 25.3 Å². The Morgan fingerprint density at radius 2 is 2.32 bits per heavy atom. The van der Waals surface area contributed by atoms with E-state index in [-0.39, 0.29) is 11.2 Å². The van der Waals surface area contributed by atoms with Gasteiger partial charge in [-0.05, 0) is 50.7 Å². The molecule has 1 amide bonds. The lowest BCUT2D eigenvalue weighted by atomic mass is 9.87. The fraction of sp³-hybridized carbons (Fsp3) is 0.444. The van der Waals surface area contributed by atoms with Gasteiger partial charge in [-0.3, -0.25) is 4.79 Å². The standard InChI is InChI=1S/C18H20N4OS2/c1-10-4-5-15-13(6-10)7-14(8-19)17(21-15)25-12(3)16(23)22-18-20-11(2)9-24-18/h7,9-10,12H,4-6H2,1-3H3,(H,20,22,23). The minimum atomic E-state index is -0.357. The van der Waals surface area contributed by atoms with E-state index in [2.05, 4.69) is 23.3 Å². The zero-order valence-electron chi connectivity index (χ0n) is 14.5. The van der Waals surface area contributed by atoms with Crippen LogP contribution in [0.5, 0.6) is 0 Å². The quantitative estimate of drug-likeness (QED) is 0.822. The van der Waals surface area contributed by atoms with Crippen LogP contribution in [0.3, 0.4) is 0 Å². The molecule has 0 aliphatic heterocycles. The fourth-order valence-corrected chi connectivity index (χ4v) is 4.42. The topological polar surface area (TPSA) is 78.7 Å². The van der Waals surface area contributed by atoms with E-state index in [1.54, 1.807) is 0 Å². The van der Waals surface area contributed by atoms with Gasteiger partial charge in [0.1, 0.15) is 11.1 Å². The molecule has 1 aliphatic rings. The number of nitriles is 1. The van der Waals surface area contributed by atoms with Gasteiger partial charge in [-0.1, -0.05) is 18.7 Å². The van der Waals surface area contributed by atoms with Crippen LogP contribution in [-0.4, -0.2) is 21.1 Å². The number of thiazole rings is 1. The molecule has 2 aromatic heterocycles. The van der Waals surface area contributed by atoms with Crippen molar-refractivity contribution in [2.45, 2.75) is 50.3 Å². The normalized spacial score (nSPS) is 17.4. The minimum Gasteiger partial charge on any atom is -0.301 e. The maximum Gasteiger partial charge on any atom is 0.239 e. The number of rotatable bonds is 4. The number of thioether (sulfide) groups is 1. The summed E-state index contributed by atoms with van der Waals surface area (Å²) in [6.45, 7) is 5.94. The summed E-state index contributed by atoms with van der Waals surface area (Å²) in [5, 5.41) is 15.1. The Balaban J connectivity index is 1.75. The van der Waals surface area contributed by atoms with Gasteiger partial charge in [0, 0.05) is 11.1 Å². The van der Waals surface area contributed by atoms with Crippen LogP contribution in [0.2, 0.25) is 0 Å². The summed E-state index contributed by atoms with van der Waals surface area (Å²) in [6.07, 6.45) is 3.03. The molecule has 2 atom stereocenters. The number of hydrogen-bond donors (Lipinski definition) is 1. The average molecular weight is 373 g/mol. The van der Waals surface area contributed by atoms with Gasteiger partial charge in [0.25, 0.3) is 0 Å². The predicted molar refractivity (Wildman–Crippen MR) is 101 cm³/mol. The van der Waals surface area contributed by atoms with Crippen LogP contribution in [-0.2, 0) is 17.6 Å². The molecule has 2 unspecified atom stereocenters. The molecule has 0 saturated carbocycles. The minimum absolute atomic E-state index is 0.128. The molecule has 7 heteroatoms. The second kappa shape index (κ2) is 7.54. The highest BCUT2D eigenvalue weighted by Gasteiger charge is 2.22. The zero-order chi connectivity index (χ0) is 18.0. The number of aromatic nitrogens is 2. The third-order valence-corrected chi connectivity index (χ3v) is 6.20. The van der Waals surface area contributed by atoms with Gasteiger partial charge in [0.2, 0.25) is 5.91 Å². The number of carbonyl (C=O) groups is 1. The molecule has 3 rings (SSSR count). The Morgan fingerprint density at radius 1 is 1.52 bits per heavy atom. The number of nitrogens with one attached hydrogen (secondary N) is 1. The first-order valence-corrected chi connectivity index (χ1v) is 10.0. The number of pyridine rings is 1. The third kappa shape index (κ3) is 4.20. The highest BCUT2D eigenvalue weighted by molar-refractivity contribution is 8.00. The Morgan fingerprint density at radius 3 is 3.00 bits per heavy atom. The van der Waals surface area contributed by atoms with Crippen molar-refractivity contribution in [3.63, 3.8) is 0 Å². The lowest BCUT2D eigenvalue weighted by molar-refractivity contribution is -0.115. The number of amides is 1. The summed E-state index contributed by atoms with van der Waals surface area (Å²) in [7, 11) is 0. The van der Waals surface area contributed by atoms with Crippen LogP contribution in [0, 0.1) is 24.2 Å². The Bertz CT molecular complexity index is 840. The van der Waals surface area contributed by atoms with Crippen LogP contribution in [0.15, 0.2) is 16.5 Å². The van der Waals surface area contributed by atoms with Crippen molar-refractivity contribution in [2.24, 2.45) is 5.92 Å². The predicted octanol–water partition coefficient (Wildman–Crippen LogP) is 3.96. The average Bonchev–Trinajstić information content (AvgIpc) is 2.99. The van der Waals surface area contributed by atoms with Crippen molar-refractivity contribution in [1.82, 2.24) is 9.97 Å². The van der Waals surface area contributed by atoms with Gasteiger partial charge >= 0.3 is 0 Å². The maximum atomic E-state index is 12.4. The molecule has 130 valence electrons. The third-order valence-electron chi connectivity index (χ3n) is 4.23. The van der Waals surface area contributed by atoms with Gasteiger partial charge < -0.3 is 5.32 Å². The molecule has 25 heavy (non-hydrogen) atoms. The van der Waals surface area contributed by atoms with E-state index in [9.17, 15) is 10.1 Å². The lowest BCUT2D eigenvalue weighted by Gasteiger charge is -2.22. The molecule has 0 radical (unpaired) electrons. The fourth-order valence-electron chi connectivity index (χ4n) is 2.84. The van der Waals surface area contributed by atoms with Crippen molar-refractivity contribution in [3.05, 3.63) is 34.0 Å². The van der Waals surface area contributed by atoms with Gasteiger partial charge in [-0.2, -0.15) is 5.26 Å². The Kier molecular flexibility index (Phi) is 5.40. The first kappa shape index (κ1) is 17.9. The summed E-state index contributed by atoms with van der Waals surface area (Å²) in [5.74, 6) is 0.502. The SMILES string of the molecule is Cc1csc(NC(=O)C(C)Sc2nc3c(cc2C#N)CC(C)CC3)n1. The van der Waals surface area contributed by atoms with Gasteiger partial charge in [0.05, 0.1) is 16.5 Å². The van der Waals surface area contributed by atoms with Crippen molar-refractivity contribution >= 4 is 34.1 Å². The van der Waals surface area contributed by atoms with Crippen LogP contribution >= 0.6 is 23.1 Å². The van der Waals surface area contributed by atoms with Crippen molar-refractivity contribution < 1.29 is 4.79 Å². The van der Waals surface area contributed by atoms with Crippen molar-refractivity contribution in [1.29, 1.82) is 5.26 Å². The summed E-state index contributed by atoms with van der Waals surface area (Å²) in [4.78, 5) is 21.3. The first-order valence-electron chi connectivity index (χ1n) is 8.28. The molecule has 0 bridgehead atoms. The number of anilines is 1. The smallest absolute Gasteiger partial charge is 0.239 e. The van der Waals surface area contributed by atoms with E-state index in [0.717, 1.165) is 30.7 Å². The molecule has 2 aromatic rings. The first-order chi connectivity index (χ1) is 12.0. The number of hydrogen-bond acceptors (Lipinski definition) is 6. The highest BCUT2D eigenvalue weighted by atomic mass is 32.2. The van der Waals surface area contributed by atoms with E-state index < -0.39 is 0 Å². The molecular formula is C18H20N4OS2. The molecule has 2 heterocycles. The molecule has 0 fully saturated rings. The summed E-state index contributed by atoms with van der Waals surface area (Å²) < 4.78 is 0. The number of nitrogens with zero attached hydrogens (tertiary/aromatic N) is 3. The second-order valence-corrected chi connectivity index (χ2v) is 8.64. The van der Waals surface area contributed by atoms with Crippen LogP contribution in [0.4, 0.5) is 5.13 Å². The number of fused-ring (bicyclic) bond motifs is 1. The molecule has 0 spiro atoms. The molecule has 0 aromatic carbocycles. The van der Waals surface area contributed by atoms with Gasteiger partial charge in [-0.25, -0.2) is 9.97 Å². The van der Waals surface area contributed by atoms with Crippen LogP contribution < -0.4 is 5.32 Å². The molecule has 1 N–H and O–H groups in total. The van der Waals surface area contributed by atoms with E-state index >= 15 is 0 Å².